The van der Waals surface area contributed by atoms with E-state index in [1.54, 1.807) is 0 Å². The first kappa shape index (κ1) is 28.3. The van der Waals surface area contributed by atoms with Crippen LogP contribution in [-0.4, -0.2) is 47.0 Å². The second-order valence-corrected chi connectivity index (χ2v) is 10.4. The van der Waals surface area contributed by atoms with Gasteiger partial charge in [-0.25, -0.2) is 0 Å². The molecule has 4 N–H and O–H groups in total. The van der Waals surface area contributed by atoms with E-state index >= 15 is 0 Å². The van der Waals surface area contributed by atoms with Gasteiger partial charge in [0.1, 0.15) is 12.2 Å². The van der Waals surface area contributed by atoms with Crippen LogP contribution in [0.5, 0.6) is 11.5 Å². The molecular weight excluding hydrogens is 466 g/mol. The van der Waals surface area contributed by atoms with Crippen molar-refractivity contribution in [2.24, 2.45) is 5.73 Å². The molecule has 2 aromatic carbocycles. The maximum atomic E-state index is 12.2. The van der Waals surface area contributed by atoms with Crippen molar-refractivity contribution >= 4 is 16.8 Å². The molecule has 0 bridgehead atoms. The number of aromatic nitrogens is 1. The molecule has 3 aromatic rings. The molecule has 0 saturated heterocycles. The number of nitrogens with one attached hydrogen (secondary N) is 1. The number of benzene rings is 2. The van der Waals surface area contributed by atoms with Crippen molar-refractivity contribution in [2.75, 3.05) is 19.8 Å². The number of nitrogens with two attached hydrogens (primary N) is 1. The lowest BCUT2D eigenvalue weighted by Gasteiger charge is -2.24. The van der Waals surface area contributed by atoms with E-state index < -0.39 is 5.91 Å². The summed E-state index contributed by atoms with van der Waals surface area (Å²) in [4.78, 5) is 12.2. The fourth-order valence-electron chi connectivity index (χ4n) is 4.41. The van der Waals surface area contributed by atoms with Crippen LogP contribution in [-0.2, 0) is 19.4 Å². The highest BCUT2D eigenvalue weighted by atomic mass is 16.5. The van der Waals surface area contributed by atoms with Gasteiger partial charge < -0.3 is 30.2 Å². The van der Waals surface area contributed by atoms with Crippen LogP contribution in [0.4, 0.5) is 0 Å². The Morgan fingerprint density at radius 1 is 1.19 bits per heavy atom. The number of aryl methyl sites for hydroxylation is 1. The van der Waals surface area contributed by atoms with Crippen LogP contribution < -0.4 is 20.5 Å². The lowest BCUT2D eigenvalue weighted by molar-refractivity contribution is 0.100. The predicted molar refractivity (Wildman–Crippen MR) is 150 cm³/mol. The van der Waals surface area contributed by atoms with Gasteiger partial charge in [-0.05, 0) is 88.4 Å². The fraction of sp³-hybridized carbons (Fsp3) is 0.433. The molecule has 1 unspecified atom stereocenters. The number of aliphatic hydroxyl groups is 1. The van der Waals surface area contributed by atoms with E-state index in [1.165, 1.54) is 0 Å². The van der Waals surface area contributed by atoms with Gasteiger partial charge in [-0.3, -0.25) is 4.79 Å². The molecule has 1 heterocycles. The second-order valence-electron chi connectivity index (χ2n) is 10.4. The van der Waals surface area contributed by atoms with Crippen LogP contribution in [0.3, 0.4) is 0 Å². The number of rotatable bonds is 14. The van der Waals surface area contributed by atoms with E-state index in [1.807, 2.05) is 67.9 Å². The Morgan fingerprint density at radius 3 is 2.65 bits per heavy atom. The largest absolute Gasteiger partial charge is 0.488 e. The highest BCUT2D eigenvalue weighted by Gasteiger charge is 2.17. The number of carbonyl (C=O) groups is 1. The maximum Gasteiger partial charge on any atom is 0.250 e. The van der Waals surface area contributed by atoms with E-state index in [4.69, 9.17) is 15.2 Å². The summed E-state index contributed by atoms with van der Waals surface area (Å²) in [7, 11) is 0. The number of hydrogen-bond donors (Lipinski definition) is 3. The molecule has 0 radical (unpaired) electrons. The summed E-state index contributed by atoms with van der Waals surface area (Å²) in [5.74, 6) is 1.01. The first-order valence-corrected chi connectivity index (χ1v) is 12.9. The molecule has 37 heavy (non-hydrogen) atoms. The van der Waals surface area contributed by atoms with Crippen LogP contribution in [0.1, 0.15) is 55.6 Å². The summed E-state index contributed by atoms with van der Waals surface area (Å²) >= 11 is 0. The van der Waals surface area contributed by atoms with E-state index in [0.717, 1.165) is 46.4 Å². The molecule has 1 amide bonds. The zero-order valence-electron chi connectivity index (χ0n) is 22.5. The molecule has 0 fully saturated rings. The normalized spacial score (nSPS) is 12.5. The first-order valence-electron chi connectivity index (χ1n) is 12.9. The number of primary amides is 1. The van der Waals surface area contributed by atoms with Crippen LogP contribution in [0.25, 0.3) is 10.9 Å². The van der Waals surface area contributed by atoms with Gasteiger partial charge in [0.2, 0.25) is 0 Å². The number of aliphatic hydroxyl groups excluding tert-OH is 1. The standard InChI is InChI=1S/C30H41N3O4/c1-6-8-22-9-10-26(27(20-22)37-30(3,4)5)36-16-12-32-21(2)17-23-18-24-11-14-33(13-7-15-34)28(24)25(19-23)29(31)35/h6,9-11,14,18-21,32,34H,1,7-8,12-13,15-17H2,2-5H3,(H2,31,35). The molecule has 7 heteroatoms. The van der Waals surface area contributed by atoms with E-state index in [0.29, 0.717) is 31.7 Å². The highest BCUT2D eigenvalue weighted by Crippen LogP contribution is 2.32. The average molecular weight is 508 g/mol. The molecule has 0 aliphatic heterocycles. The minimum atomic E-state index is -0.447. The second kappa shape index (κ2) is 12.8. The van der Waals surface area contributed by atoms with Crippen molar-refractivity contribution in [3.05, 3.63) is 71.9 Å². The number of amides is 1. The SMILES string of the molecule is C=CCc1ccc(OCCNC(C)Cc2cc(C(N)=O)c3c(ccn3CCCO)c2)c(OC(C)(C)C)c1. The van der Waals surface area contributed by atoms with Crippen LogP contribution in [0.15, 0.2) is 55.3 Å². The summed E-state index contributed by atoms with van der Waals surface area (Å²) in [5, 5.41) is 13.7. The van der Waals surface area contributed by atoms with Crippen molar-refractivity contribution in [2.45, 2.75) is 65.1 Å². The van der Waals surface area contributed by atoms with Gasteiger partial charge in [-0.1, -0.05) is 12.1 Å². The molecule has 3 rings (SSSR count). The third-order valence-corrected chi connectivity index (χ3v) is 5.94. The van der Waals surface area contributed by atoms with Gasteiger partial charge in [0.15, 0.2) is 11.5 Å². The molecule has 0 spiro atoms. The summed E-state index contributed by atoms with van der Waals surface area (Å²) in [5.41, 5.74) is 8.89. The van der Waals surface area contributed by atoms with Crippen LogP contribution in [0, 0.1) is 0 Å². The molecule has 0 aliphatic rings. The minimum Gasteiger partial charge on any atom is -0.488 e. The Kier molecular flexibility index (Phi) is 9.78. The van der Waals surface area contributed by atoms with Crippen molar-refractivity contribution in [3.8, 4) is 11.5 Å². The fourth-order valence-corrected chi connectivity index (χ4v) is 4.41. The topological polar surface area (TPSA) is 98.7 Å². The molecule has 200 valence electrons. The quantitative estimate of drug-likeness (QED) is 0.218. The Balaban J connectivity index is 1.61. The zero-order chi connectivity index (χ0) is 27.0. The van der Waals surface area contributed by atoms with Crippen molar-refractivity contribution in [3.63, 3.8) is 0 Å². The number of fused-ring (bicyclic) bond motifs is 1. The van der Waals surface area contributed by atoms with Crippen molar-refractivity contribution < 1.29 is 19.4 Å². The number of nitrogens with zero attached hydrogens (tertiary/aromatic N) is 1. The monoisotopic (exact) mass is 507 g/mol. The Bertz CT molecular complexity index is 1210. The average Bonchev–Trinajstić information content (AvgIpc) is 3.23. The molecular formula is C30H41N3O4. The van der Waals surface area contributed by atoms with E-state index in [9.17, 15) is 9.90 Å². The Morgan fingerprint density at radius 2 is 1.97 bits per heavy atom. The van der Waals surface area contributed by atoms with Gasteiger partial charge >= 0.3 is 0 Å². The Labute approximate surface area is 220 Å². The molecule has 0 saturated carbocycles. The lowest BCUT2D eigenvalue weighted by atomic mass is 10.0. The highest BCUT2D eigenvalue weighted by molar-refractivity contribution is 6.05. The van der Waals surface area contributed by atoms with Gasteiger partial charge in [-0.2, -0.15) is 0 Å². The van der Waals surface area contributed by atoms with E-state index in [-0.39, 0.29) is 18.2 Å². The number of ether oxygens (including phenoxy) is 2. The lowest BCUT2D eigenvalue weighted by Crippen LogP contribution is -2.32. The third kappa shape index (κ3) is 8.10. The zero-order valence-corrected chi connectivity index (χ0v) is 22.5. The summed E-state index contributed by atoms with van der Waals surface area (Å²) in [6.45, 7) is 13.9. The molecule has 0 aliphatic carbocycles. The first-order chi connectivity index (χ1) is 17.6. The molecule has 1 atom stereocenters. The third-order valence-electron chi connectivity index (χ3n) is 5.94. The van der Waals surface area contributed by atoms with Gasteiger partial charge in [0.05, 0.1) is 11.1 Å². The van der Waals surface area contributed by atoms with Crippen molar-refractivity contribution in [1.29, 1.82) is 0 Å². The number of allylic oxidation sites excluding steroid dienone is 1. The molecule has 7 nitrogen and oxygen atoms in total. The van der Waals surface area contributed by atoms with Gasteiger partial charge in [-0.15, -0.1) is 6.58 Å². The summed E-state index contributed by atoms with van der Waals surface area (Å²) < 4.78 is 14.2. The molecule has 1 aromatic heterocycles. The Hall–Kier alpha value is -3.29. The summed E-state index contributed by atoms with van der Waals surface area (Å²) in [6, 6.07) is 12.2. The summed E-state index contributed by atoms with van der Waals surface area (Å²) in [6.07, 6.45) is 5.95. The van der Waals surface area contributed by atoms with Crippen LogP contribution in [0.2, 0.25) is 0 Å². The maximum absolute atomic E-state index is 12.2. The smallest absolute Gasteiger partial charge is 0.250 e. The number of hydrogen-bond acceptors (Lipinski definition) is 5. The van der Waals surface area contributed by atoms with Crippen LogP contribution >= 0.6 is 0 Å². The van der Waals surface area contributed by atoms with Crippen molar-refractivity contribution in [1.82, 2.24) is 9.88 Å². The number of carbonyl (C=O) groups excluding carboxylic acids is 1. The minimum absolute atomic E-state index is 0.0993. The predicted octanol–water partition coefficient (Wildman–Crippen LogP) is 4.63. The van der Waals surface area contributed by atoms with E-state index in [2.05, 4.69) is 24.9 Å². The van der Waals surface area contributed by atoms with Gasteiger partial charge in [0.25, 0.3) is 5.91 Å². The van der Waals surface area contributed by atoms with Gasteiger partial charge in [0, 0.05) is 37.3 Å².